The van der Waals surface area contributed by atoms with E-state index in [-0.39, 0.29) is 15.7 Å². The summed E-state index contributed by atoms with van der Waals surface area (Å²) in [6, 6.07) is 5.39. The van der Waals surface area contributed by atoms with E-state index in [1.54, 1.807) is 23.7 Å². The SMILES string of the molecule is O.O=S(=O)(c1c(Cl)nc2sccn12)N(Cl)c1ccc2c(c1)CCNC2. The maximum atomic E-state index is 12.9. The average molecular weight is 421 g/mol. The number of sulfonamides is 1. The predicted molar refractivity (Wildman–Crippen MR) is 99.1 cm³/mol. The average Bonchev–Trinajstić information content (AvgIpc) is 3.13. The van der Waals surface area contributed by atoms with Crippen LogP contribution < -0.4 is 9.14 Å². The predicted octanol–water partition coefficient (Wildman–Crippen LogP) is 2.22. The Morgan fingerprint density at radius 3 is 2.92 bits per heavy atom. The zero-order chi connectivity index (χ0) is 16.9. The molecule has 134 valence electrons. The van der Waals surface area contributed by atoms with Gasteiger partial charge < -0.3 is 10.8 Å². The number of thiazole rings is 1. The molecule has 0 spiro atoms. The molecule has 0 radical (unpaired) electrons. The van der Waals surface area contributed by atoms with Crippen LogP contribution in [0.1, 0.15) is 11.1 Å². The number of aromatic nitrogens is 2. The van der Waals surface area contributed by atoms with Gasteiger partial charge in [-0.05, 0) is 36.2 Å². The molecule has 0 saturated carbocycles. The van der Waals surface area contributed by atoms with E-state index in [9.17, 15) is 8.42 Å². The van der Waals surface area contributed by atoms with E-state index < -0.39 is 10.0 Å². The van der Waals surface area contributed by atoms with Crippen LogP contribution in [0.5, 0.6) is 0 Å². The second-order valence-corrected chi connectivity index (χ2v) is 8.83. The van der Waals surface area contributed by atoms with Gasteiger partial charge in [0.25, 0.3) is 10.0 Å². The molecule has 0 unspecified atom stereocenters. The monoisotopic (exact) mass is 420 g/mol. The van der Waals surface area contributed by atoms with E-state index >= 15 is 0 Å². The standard InChI is InChI=1S/C14H12Cl2N4O2S2.H2O/c15-12-13(19-5-6-23-14(19)18-12)24(21,22)20(16)11-2-1-10-8-17-4-3-9(10)7-11;/h1-2,5-7,17H,3-4,8H2;1H2. The maximum absolute atomic E-state index is 12.9. The molecule has 0 bridgehead atoms. The number of halogens is 2. The van der Waals surface area contributed by atoms with Gasteiger partial charge >= 0.3 is 0 Å². The highest BCUT2D eigenvalue weighted by Crippen LogP contribution is 2.33. The Labute approximate surface area is 158 Å². The molecule has 3 N–H and O–H groups in total. The van der Waals surface area contributed by atoms with Crippen LogP contribution in [0.4, 0.5) is 5.69 Å². The van der Waals surface area contributed by atoms with Gasteiger partial charge in [0.05, 0.1) is 5.69 Å². The summed E-state index contributed by atoms with van der Waals surface area (Å²) in [6.07, 6.45) is 2.44. The number of fused-ring (bicyclic) bond motifs is 2. The molecule has 3 heterocycles. The van der Waals surface area contributed by atoms with Crippen LogP contribution in [0.3, 0.4) is 0 Å². The number of anilines is 1. The number of nitrogens with zero attached hydrogens (tertiary/aromatic N) is 3. The van der Waals surface area contributed by atoms with Gasteiger partial charge in [-0.3, -0.25) is 4.40 Å². The Kier molecular flexibility index (Phi) is 4.97. The summed E-state index contributed by atoms with van der Waals surface area (Å²) in [4.78, 5) is 4.56. The molecular formula is C14H14Cl2N4O3S2. The molecule has 0 atom stereocenters. The van der Waals surface area contributed by atoms with E-state index in [1.165, 1.54) is 15.7 Å². The second-order valence-electron chi connectivity index (χ2n) is 5.36. The molecule has 0 saturated heterocycles. The summed E-state index contributed by atoms with van der Waals surface area (Å²) in [5.74, 6) is 0. The smallest absolute Gasteiger partial charge is 0.297 e. The third-order valence-corrected chi connectivity index (χ3v) is 7.30. The first-order valence-corrected chi connectivity index (χ1v) is 10.2. The highest BCUT2D eigenvalue weighted by Gasteiger charge is 2.31. The molecule has 1 aliphatic rings. The fourth-order valence-corrected chi connectivity index (χ4v) is 5.54. The minimum atomic E-state index is -4.04. The Bertz CT molecular complexity index is 1030. The van der Waals surface area contributed by atoms with Crippen molar-refractivity contribution in [2.75, 3.05) is 10.4 Å². The molecular weight excluding hydrogens is 407 g/mol. The lowest BCUT2D eigenvalue weighted by molar-refractivity contribution is 0.593. The van der Waals surface area contributed by atoms with Crippen molar-refractivity contribution >= 4 is 55.4 Å². The van der Waals surface area contributed by atoms with Crippen LogP contribution in [0.2, 0.25) is 5.15 Å². The lowest BCUT2D eigenvalue weighted by Gasteiger charge is -2.21. The Balaban J connectivity index is 0.00000182. The van der Waals surface area contributed by atoms with Crippen LogP contribution in [0.15, 0.2) is 34.8 Å². The lowest BCUT2D eigenvalue weighted by Crippen LogP contribution is -2.25. The van der Waals surface area contributed by atoms with E-state index in [2.05, 4.69) is 10.3 Å². The number of rotatable bonds is 3. The van der Waals surface area contributed by atoms with Crippen molar-refractivity contribution in [3.8, 4) is 0 Å². The fourth-order valence-electron chi connectivity index (χ4n) is 2.76. The number of hydrogen-bond acceptors (Lipinski definition) is 5. The number of hydrogen-bond donors (Lipinski definition) is 1. The van der Waals surface area contributed by atoms with Crippen LogP contribution >= 0.6 is 34.7 Å². The molecule has 25 heavy (non-hydrogen) atoms. The van der Waals surface area contributed by atoms with Gasteiger partial charge in [0.1, 0.15) is 0 Å². The first kappa shape index (κ1) is 18.4. The zero-order valence-electron chi connectivity index (χ0n) is 12.7. The molecule has 7 nitrogen and oxygen atoms in total. The maximum Gasteiger partial charge on any atom is 0.297 e. The van der Waals surface area contributed by atoms with E-state index in [0.717, 1.165) is 34.5 Å². The normalized spacial score (nSPS) is 14.2. The number of nitrogens with one attached hydrogen (secondary N) is 1. The molecule has 0 amide bonds. The van der Waals surface area contributed by atoms with Gasteiger partial charge in [0.2, 0.25) is 5.03 Å². The lowest BCUT2D eigenvalue weighted by atomic mass is 10.0. The van der Waals surface area contributed by atoms with Gasteiger partial charge in [-0.15, -0.1) is 11.3 Å². The molecule has 1 aliphatic heterocycles. The van der Waals surface area contributed by atoms with Gasteiger partial charge in [-0.25, -0.2) is 4.98 Å². The van der Waals surface area contributed by atoms with Gasteiger partial charge in [-0.2, -0.15) is 12.2 Å². The Morgan fingerprint density at radius 2 is 2.12 bits per heavy atom. The summed E-state index contributed by atoms with van der Waals surface area (Å²) < 4.78 is 28.0. The summed E-state index contributed by atoms with van der Waals surface area (Å²) in [5.41, 5.74) is 2.63. The Hall–Kier alpha value is -1.36. The molecule has 11 heteroatoms. The minimum Gasteiger partial charge on any atom is -0.412 e. The first-order chi connectivity index (χ1) is 11.5. The molecule has 0 fully saturated rings. The molecule has 3 aromatic rings. The van der Waals surface area contributed by atoms with Crippen molar-refractivity contribution in [3.63, 3.8) is 0 Å². The van der Waals surface area contributed by atoms with Crippen molar-refractivity contribution in [3.05, 3.63) is 46.1 Å². The van der Waals surface area contributed by atoms with Crippen LogP contribution in [0.25, 0.3) is 4.96 Å². The topological polar surface area (TPSA) is 98.2 Å². The zero-order valence-corrected chi connectivity index (χ0v) is 15.9. The van der Waals surface area contributed by atoms with Crippen LogP contribution in [0, 0.1) is 0 Å². The van der Waals surface area contributed by atoms with Gasteiger partial charge in [-0.1, -0.05) is 17.7 Å². The van der Waals surface area contributed by atoms with E-state index in [1.807, 2.05) is 6.07 Å². The largest absolute Gasteiger partial charge is 0.412 e. The van der Waals surface area contributed by atoms with Crippen molar-refractivity contribution < 1.29 is 13.9 Å². The summed E-state index contributed by atoms with van der Waals surface area (Å²) in [6.45, 7) is 1.63. The van der Waals surface area contributed by atoms with E-state index in [0.29, 0.717) is 10.6 Å². The first-order valence-electron chi connectivity index (χ1n) is 7.13. The summed E-state index contributed by atoms with van der Waals surface area (Å²) in [5, 5.41) is 4.79. The summed E-state index contributed by atoms with van der Waals surface area (Å²) in [7, 11) is -4.04. The van der Waals surface area contributed by atoms with Crippen molar-refractivity contribution in [2.24, 2.45) is 0 Å². The Morgan fingerprint density at radius 1 is 1.32 bits per heavy atom. The van der Waals surface area contributed by atoms with Crippen molar-refractivity contribution in [1.29, 1.82) is 0 Å². The second kappa shape index (κ2) is 6.75. The van der Waals surface area contributed by atoms with Crippen LogP contribution in [-0.2, 0) is 23.0 Å². The third kappa shape index (κ3) is 3.01. The molecule has 2 aromatic heterocycles. The molecule has 1 aromatic carbocycles. The van der Waals surface area contributed by atoms with Gasteiger partial charge in [0.15, 0.2) is 10.1 Å². The number of imidazole rings is 1. The summed E-state index contributed by atoms with van der Waals surface area (Å²) >= 11 is 13.5. The highest BCUT2D eigenvalue weighted by molar-refractivity contribution is 7.94. The van der Waals surface area contributed by atoms with E-state index in [4.69, 9.17) is 23.4 Å². The fraction of sp³-hybridized carbons (Fsp3) is 0.214. The third-order valence-electron chi connectivity index (χ3n) is 3.91. The highest BCUT2D eigenvalue weighted by atomic mass is 35.5. The minimum absolute atomic E-state index is 0. The van der Waals surface area contributed by atoms with Crippen molar-refractivity contribution in [1.82, 2.24) is 14.7 Å². The molecule has 4 rings (SSSR count). The van der Waals surface area contributed by atoms with Crippen molar-refractivity contribution in [2.45, 2.75) is 18.0 Å². The van der Waals surface area contributed by atoms with Crippen LogP contribution in [-0.4, -0.2) is 29.8 Å². The quantitative estimate of drug-likeness (QED) is 0.656. The number of benzene rings is 1. The molecule has 0 aliphatic carbocycles. The van der Waals surface area contributed by atoms with Gasteiger partial charge in [0, 0.05) is 29.9 Å².